The second kappa shape index (κ2) is 5.91. The Bertz CT molecular complexity index is 517. The summed E-state index contributed by atoms with van der Waals surface area (Å²) in [5.41, 5.74) is -0.282. The fourth-order valence-corrected chi connectivity index (χ4v) is 5.59. The average Bonchev–Trinajstić information content (AvgIpc) is 2.78. The van der Waals surface area contributed by atoms with E-state index >= 15 is 0 Å². The lowest BCUT2D eigenvalue weighted by molar-refractivity contribution is 0.294. The molecule has 0 bridgehead atoms. The zero-order chi connectivity index (χ0) is 13.9. The molecule has 1 heterocycles. The van der Waals surface area contributed by atoms with Crippen molar-refractivity contribution in [3.8, 4) is 0 Å². The van der Waals surface area contributed by atoms with Gasteiger partial charge in [0.1, 0.15) is 0 Å². The largest absolute Gasteiger partial charge is 0.315 e. The molecule has 1 aromatic heterocycles. The Balaban J connectivity index is 2.19. The number of hydrogen-bond acceptors (Lipinski definition) is 4. The van der Waals surface area contributed by atoms with E-state index in [1.54, 1.807) is 6.07 Å². The van der Waals surface area contributed by atoms with Gasteiger partial charge in [0, 0.05) is 17.0 Å². The average molecular weight is 302 g/mol. The third-order valence-corrected chi connectivity index (χ3v) is 6.44. The molecule has 0 spiro atoms. The molecule has 1 aliphatic carbocycles. The van der Waals surface area contributed by atoms with Crippen molar-refractivity contribution in [2.75, 3.05) is 7.05 Å². The molecular weight excluding hydrogens is 280 g/mol. The summed E-state index contributed by atoms with van der Waals surface area (Å²) in [6, 6.07) is 1.70. The summed E-state index contributed by atoms with van der Waals surface area (Å²) in [5, 5.41) is 4.85. The Kier molecular flexibility index (Phi) is 4.66. The molecule has 1 aliphatic rings. The predicted octanol–water partition coefficient (Wildman–Crippen LogP) is 2.47. The highest BCUT2D eigenvalue weighted by Crippen LogP contribution is 2.30. The Morgan fingerprint density at radius 1 is 1.32 bits per heavy atom. The first kappa shape index (κ1) is 15.0. The maximum atomic E-state index is 12.5. The van der Waals surface area contributed by atoms with E-state index < -0.39 is 10.0 Å². The Morgan fingerprint density at radius 3 is 2.63 bits per heavy atom. The van der Waals surface area contributed by atoms with Gasteiger partial charge in [0.2, 0.25) is 10.0 Å². The second-order valence-corrected chi connectivity index (χ2v) is 8.12. The number of hydrogen-bond donors (Lipinski definition) is 2. The Labute approximate surface area is 119 Å². The van der Waals surface area contributed by atoms with E-state index in [1.807, 2.05) is 19.4 Å². The summed E-state index contributed by atoms with van der Waals surface area (Å²) in [6.45, 7) is 2.61. The summed E-state index contributed by atoms with van der Waals surface area (Å²) < 4.78 is 28.0. The number of rotatable bonds is 5. The first-order valence-electron chi connectivity index (χ1n) is 6.72. The first-order chi connectivity index (χ1) is 8.97. The van der Waals surface area contributed by atoms with Crippen LogP contribution in [0.4, 0.5) is 0 Å². The van der Waals surface area contributed by atoms with E-state index in [9.17, 15) is 8.42 Å². The Morgan fingerprint density at radius 2 is 2.00 bits per heavy atom. The standard InChI is InChI=1S/C13H22N2O2S2/c1-13(7-4-3-5-8-13)15-19(16,17)12-6-9-18-11(12)10-14-2/h6,9,14-15H,3-5,7-8,10H2,1-2H3. The zero-order valence-corrected chi connectivity index (χ0v) is 13.2. The molecule has 0 aliphatic heterocycles. The van der Waals surface area contributed by atoms with E-state index in [0.29, 0.717) is 11.4 Å². The Hall–Kier alpha value is -0.430. The molecule has 0 amide bonds. The van der Waals surface area contributed by atoms with Crippen LogP contribution in [0.1, 0.15) is 43.9 Å². The lowest BCUT2D eigenvalue weighted by atomic mass is 9.84. The fraction of sp³-hybridized carbons (Fsp3) is 0.692. The SMILES string of the molecule is CNCc1sccc1S(=O)(=O)NC1(C)CCCCC1. The molecule has 2 rings (SSSR count). The van der Waals surface area contributed by atoms with Crippen LogP contribution in [-0.4, -0.2) is 21.0 Å². The van der Waals surface area contributed by atoms with Crippen LogP contribution in [0.5, 0.6) is 0 Å². The van der Waals surface area contributed by atoms with Crippen LogP contribution in [0.15, 0.2) is 16.3 Å². The summed E-state index contributed by atoms with van der Waals surface area (Å²) in [5.74, 6) is 0. The van der Waals surface area contributed by atoms with Crippen molar-refractivity contribution in [2.45, 2.75) is 56.0 Å². The van der Waals surface area contributed by atoms with Crippen LogP contribution < -0.4 is 10.0 Å². The van der Waals surface area contributed by atoms with Crippen molar-refractivity contribution in [1.82, 2.24) is 10.0 Å². The topological polar surface area (TPSA) is 58.2 Å². The van der Waals surface area contributed by atoms with Crippen molar-refractivity contribution >= 4 is 21.4 Å². The van der Waals surface area contributed by atoms with Crippen LogP contribution in [0.2, 0.25) is 0 Å². The van der Waals surface area contributed by atoms with Crippen molar-refractivity contribution in [1.29, 1.82) is 0 Å². The smallest absolute Gasteiger partial charge is 0.242 e. The van der Waals surface area contributed by atoms with Gasteiger partial charge in [-0.25, -0.2) is 13.1 Å². The second-order valence-electron chi connectivity index (χ2n) is 5.47. The summed E-state index contributed by atoms with van der Waals surface area (Å²) in [4.78, 5) is 1.30. The van der Waals surface area contributed by atoms with Gasteiger partial charge in [0.15, 0.2) is 0 Å². The van der Waals surface area contributed by atoms with Gasteiger partial charge in [0.05, 0.1) is 4.90 Å². The molecule has 0 atom stereocenters. The van der Waals surface area contributed by atoms with Gasteiger partial charge >= 0.3 is 0 Å². The van der Waals surface area contributed by atoms with E-state index in [4.69, 9.17) is 0 Å². The first-order valence-corrected chi connectivity index (χ1v) is 9.08. The summed E-state index contributed by atoms with van der Waals surface area (Å²) >= 11 is 1.48. The van der Waals surface area contributed by atoms with Crippen LogP contribution in [0.25, 0.3) is 0 Å². The van der Waals surface area contributed by atoms with Gasteiger partial charge in [-0.3, -0.25) is 0 Å². The van der Waals surface area contributed by atoms with Crippen molar-refractivity contribution < 1.29 is 8.42 Å². The van der Waals surface area contributed by atoms with E-state index in [-0.39, 0.29) is 5.54 Å². The van der Waals surface area contributed by atoms with Gasteiger partial charge in [-0.1, -0.05) is 19.3 Å². The minimum atomic E-state index is -3.41. The lowest BCUT2D eigenvalue weighted by Crippen LogP contribution is -2.47. The molecule has 6 heteroatoms. The summed E-state index contributed by atoms with van der Waals surface area (Å²) in [6.07, 6.45) is 5.27. The van der Waals surface area contributed by atoms with Gasteiger partial charge < -0.3 is 5.32 Å². The highest BCUT2D eigenvalue weighted by atomic mass is 32.2. The summed E-state index contributed by atoms with van der Waals surface area (Å²) in [7, 11) is -1.58. The number of thiophene rings is 1. The molecule has 1 aromatic rings. The third-order valence-electron chi connectivity index (χ3n) is 3.67. The minimum absolute atomic E-state index is 0.282. The number of nitrogens with one attached hydrogen (secondary N) is 2. The fourth-order valence-electron chi connectivity index (χ4n) is 2.67. The van der Waals surface area contributed by atoms with Crippen LogP contribution >= 0.6 is 11.3 Å². The van der Waals surface area contributed by atoms with Crippen LogP contribution in [0.3, 0.4) is 0 Å². The zero-order valence-electron chi connectivity index (χ0n) is 11.5. The third kappa shape index (κ3) is 3.56. The van der Waals surface area contributed by atoms with E-state index in [0.717, 1.165) is 30.6 Å². The van der Waals surface area contributed by atoms with Crippen molar-refractivity contribution in [3.05, 3.63) is 16.3 Å². The van der Waals surface area contributed by atoms with Crippen molar-refractivity contribution in [2.24, 2.45) is 0 Å². The molecule has 19 heavy (non-hydrogen) atoms. The molecule has 0 saturated heterocycles. The molecule has 4 nitrogen and oxygen atoms in total. The quantitative estimate of drug-likeness (QED) is 0.878. The molecule has 1 saturated carbocycles. The van der Waals surface area contributed by atoms with Gasteiger partial charge in [0.25, 0.3) is 0 Å². The normalized spacial score (nSPS) is 19.5. The van der Waals surface area contributed by atoms with E-state index in [1.165, 1.54) is 17.8 Å². The molecule has 2 N–H and O–H groups in total. The maximum absolute atomic E-state index is 12.5. The highest BCUT2D eigenvalue weighted by Gasteiger charge is 2.33. The van der Waals surface area contributed by atoms with Crippen molar-refractivity contribution in [3.63, 3.8) is 0 Å². The maximum Gasteiger partial charge on any atom is 0.242 e. The van der Waals surface area contributed by atoms with Crippen LogP contribution in [0, 0.1) is 0 Å². The van der Waals surface area contributed by atoms with Crippen LogP contribution in [-0.2, 0) is 16.6 Å². The minimum Gasteiger partial charge on any atom is -0.315 e. The molecule has 0 radical (unpaired) electrons. The molecular formula is C13H22N2O2S2. The highest BCUT2D eigenvalue weighted by molar-refractivity contribution is 7.89. The lowest BCUT2D eigenvalue weighted by Gasteiger charge is -2.34. The number of sulfonamides is 1. The molecule has 0 unspecified atom stereocenters. The van der Waals surface area contributed by atoms with Gasteiger partial charge in [-0.2, -0.15) is 0 Å². The molecule has 1 fully saturated rings. The monoisotopic (exact) mass is 302 g/mol. The van der Waals surface area contributed by atoms with Gasteiger partial charge in [-0.15, -0.1) is 11.3 Å². The van der Waals surface area contributed by atoms with Gasteiger partial charge in [-0.05, 0) is 38.3 Å². The molecule has 0 aromatic carbocycles. The van der Waals surface area contributed by atoms with E-state index in [2.05, 4.69) is 10.0 Å². The molecule has 108 valence electrons. The predicted molar refractivity (Wildman–Crippen MR) is 78.9 cm³/mol.